The molecule has 0 spiro atoms. The molecule has 4 saturated carbocycles. The van der Waals surface area contributed by atoms with Gasteiger partial charge in [-0.25, -0.2) is 0 Å². The van der Waals surface area contributed by atoms with Gasteiger partial charge in [0.15, 0.2) is 0 Å². The quantitative estimate of drug-likeness (QED) is 0.806. The van der Waals surface area contributed by atoms with Gasteiger partial charge in [-0.05, 0) is 87.4 Å². The van der Waals surface area contributed by atoms with Gasteiger partial charge in [-0.2, -0.15) is 0 Å². The summed E-state index contributed by atoms with van der Waals surface area (Å²) >= 11 is 0. The van der Waals surface area contributed by atoms with Gasteiger partial charge in [0.2, 0.25) is 0 Å². The van der Waals surface area contributed by atoms with Crippen LogP contribution in [0.15, 0.2) is 0 Å². The molecule has 0 aromatic heterocycles. The molecule has 4 rings (SSSR count). The van der Waals surface area contributed by atoms with E-state index in [2.05, 4.69) is 27.7 Å². The summed E-state index contributed by atoms with van der Waals surface area (Å²) < 4.78 is 5.54. The summed E-state index contributed by atoms with van der Waals surface area (Å²) in [6.07, 6.45) is 9.66. The number of rotatable bonds is 5. The number of ether oxygens (including phenoxy) is 1. The van der Waals surface area contributed by atoms with Gasteiger partial charge in [0.05, 0.1) is 11.7 Å². The molecule has 0 aliphatic heterocycles. The Morgan fingerprint density at radius 3 is 2.14 bits per heavy atom. The van der Waals surface area contributed by atoms with E-state index in [-0.39, 0.29) is 17.1 Å². The van der Waals surface area contributed by atoms with Crippen molar-refractivity contribution in [2.75, 3.05) is 7.11 Å². The minimum absolute atomic E-state index is 0.114. The van der Waals surface area contributed by atoms with Crippen molar-refractivity contribution in [3.05, 3.63) is 0 Å². The monoisotopic (exact) mass is 294 g/mol. The topological polar surface area (TPSA) is 29.5 Å². The third kappa shape index (κ3) is 2.79. The van der Waals surface area contributed by atoms with E-state index in [0.717, 1.165) is 18.8 Å². The van der Waals surface area contributed by atoms with Crippen LogP contribution in [0, 0.1) is 22.2 Å². The molecule has 0 amide bonds. The highest BCUT2D eigenvalue weighted by Crippen LogP contribution is 2.70. The summed E-state index contributed by atoms with van der Waals surface area (Å²) in [5.41, 5.74) is 1.07. The predicted octanol–water partition coefficient (Wildman–Crippen LogP) is 4.55. The summed E-state index contributed by atoms with van der Waals surface area (Å²) in [6, 6.07) is 0. The largest absolute Gasteiger partial charge is 0.393 e. The number of methoxy groups -OCH3 is 1. The molecular weight excluding hydrogens is 260 g/mol. The maximum Gasteiger partial charge on any atom is 0.0623 e. The molecule has 0 saturated heterocycles. The number of hydrogen-bond donors (Lipinski definition) is 1. The van der Waals surface area contributed by atoms with E-state index in [9.17, 15) is 5.11 Å². The van der Waals surface area contributed by atoms with Gasteiger partial charge in [-0.1, -0.05) is 13.8 Å². The molecule has 122 valence electrons. The highest BCUT2D eigenvalue weighted by atomic mass is 16.5. The lowest BCUT2D eigenvalue weighted by molar-refractivity contribution is -0.188. The first-order chi connectivity index (χ1) is 9.60. The van der Waals surface area contributed by atoms with Crippen molar-refractivity contribution in [2.24, 2.45) is 22.2 Å². The van der Waals surface area contributed by atoms with Gasteiger partial charge in [-0.3, -0.25) is 0 Å². The van der Waals surface area contributed by atoms with Crippen LogP contribution in [0.2, 0.25) is 0 Å². The molecule has 3 unspecified atom stereocenters. The molecule has 21 heavy (non-hydrogen) atoms. The lowest BCUT2D eigenvalue weighted by Crippen LogP contribution is -2.58. The standard InChI is InChI=1S/C19H34O2/c1-16(2,21-5)7-6-15(20)19-10-14-8-17(3,12-19)11-18(4,9-14)13-19/h14-15,20H,6-13H2,1-5H3. The number of aliphatic hydroxyl groups is 1. The van der Waals surface area contributed by atoms with Gasteiger partial charge in [-0.15, -0.1) is 0 Å². The van der Waals surface area contributed by atoms with Crippen molar-refractivity contribution >= 4 is 0 Å². The molecule has 0 aromatic rings. The van der Waals surface area contributed by atoms with Crippen molar-refractivity contribution in [3.8, 4) is 0 Å². The molecule has 0 heterocycles. The first kappa shape index (κ1) is 15.8. The van der Waals surface area contributed by atoms with Gasteiger partial charge in [0, 0.05) is 7.11 Å². The highest BCUT2D eigenvalue weighted by molar-refractivity contribution is 5.12. The SMILES string of the molecule is COC(C)(C)CCC(O)C12CC3CC(C)(CC(C)(C3)C1)C2. The normalized spacial score (nSPS) is 46.9. The van der Waals surface area contributed by atoms with Crippen LogP contribution >= 0.6 is 0 Å². The summed E-state index contributed by atoms with van der Waals surface area (Å²) in [5, 5.41) is 11.0. The maximum absolute atomic E-state index is 11.0. The molecular formula is C19H34O2. The van der Waals surface area contributed by atoms with Crippen LogP contribution in [0.5, 0.6) is 0 Å². The summed E-state index contributed by atoms with van der Waals surface area (Å²) in [7, 11) is 1.78. The van der Waals surface area contributed by atoms with Crippen LogP contribution in [-0.4, -0.2) is 23.9 Å². The van der Waals surface area contributed by atoms with E-state index in [1.165, 1.54) is 38.5 Å². The molecule has 4 aliphatic carbocycles. The number of hydrogen-bond acceptors (Lipinski definition) is 2. The molecule has 1 N–H and O–H groups in total. The fraction of sp³-hybridized carbons (Fsp3) is 1.00. The second kappa shape index (κ2) is 4.71. The van der Waals surface area contributed by atoms with Crippen LogP contribution in [0.25, 0.3) is 0 Å². The molecule has 0 radical (unpaired) electrons. The summed E-state index contributed by atoms with van der Waals surface area (Å²) in [6.45, 7) is 9.22. The fourth-order valence-electron chi connectivity index (χ4n) is 6.80. The Bertz CT molecular complexity index is 396. The van der Waals surface area contributed by atoms with E-state index >= 15 is 0 Å². The first-order valence-corrected chi connectivity index (χ1v) is 8.83. The minimum atomic E-state index is -0.144. The van der Waals surface area contributed by atoms with Crippen molar-refractivity contribution in [1.82, 2.24) is 0 Å². The van der Waals surface area contributed by atoms with Crippen LogP contribution in [-0.2, 0) is 4.74 Å². The van der Waals surface area contributed by atoms with Crippen LogP contribution < -0.4 is 0 Å². The van der Waals surface area contributed by atoms with Crippen LogP contribution in [0.3, 0.4) is 0 Å². The van der Waals surface area contributed by atoms with Gasteiger partial charge in [0.25, 0.3) is 0 Å². The highest BCUT2D eigenvalue weighted by Gasteiger charge is 2.61. The molecule has 3 atom stereocenters. The van der Waals surface area contributed by atoms with Crippen molar-refractivity contribution < 1.29 is 9.84 Å². The second-order valence-electron chi connectivity index (χ2n) is 10.0. The second-order valence-corrected chi connectivity index (χ2v) is 10.0. The summed E-state index contributed by atoms with van der Waals surface area (Å²) in [4.78, 5) is 0. The predicted molar refractivity (Wildman–Crippen MR) is 86.2 cm³/mol. The van der Waals surface area contributed by atoms with Crippen molar-refractivity contribution in [2.45, 2.75) is 90.8 Å². The third-order valence-electron chi connectivity index (χ3n) is 6.95. The number of aliphatic hydroxyl groups excluding tert-OH is 1. The van der Waals surface area contributed by atoms with Crippen LogP contribution in [0.4, 0.5) is 0 Å². The zero-order chi connectivity index (χ0) is 15.5. The average molecular weight is 294 g/mol. The van der Waals surface area contributed by atoms with Gasteiger partial charge >= 0.3 is 0 Å². The maximum atomic E-state index is 11.0. The minimum Gasteiger partial charge on any atom is -0.393 e. The van der Waals surface area contributed by atoms with Crippen molar-refractivity contribution in [3.63, 3.8) is 0 Å². The third-order valence-corrected chi connectivity index (χ3v) is 6.95. The van der Waals surface area contributed by atoms with E-state index in [0.29, 0.717) is 10.8 Å². The zero-order valence-corrected chi connectivity index (χ0v) is 14.7. The van der Waals surface area contributed by atoms with E-state index < -0.39 is 0 Å². The van der Waals surface area contributed by atoms with Gasteiger partial charge in [0.1, 0.15) is 0 Å². The molecule has 2 heteroatoms. The molecule has 4 fully saturated rings. The van der Waals surface area contributed by atoms with Crippen LogP contribution in [0.1, 0.15) is 79.1 Å². The summed E-state index contributed by atoms with van der Waals surface area (Å²) in [5.74, 6) is 0.862. The molecule has 2 nitrogen and oxygen atoms in total. The lowest BCUT2D eigenvalue weighted by atomic mass is 9.39. The lowest BCUT2D eigenvalue weighted by Gasteiger charge is -2.66. The van der Waals surface area contributed by atoms with Crippen molar-refractivity contribution in [1.29, 1.82) is 0 Å². The van der Waals surface area contributed by atoms with E-state index in [1.54, 1.807) is 7.11 Å². The Morgan fingerprint density at radius 1 is 1.10 bits per heavy atom. The zero-order valence-electron chi connectivity index (χ0n) is 14.7. The average Bonchev–Trinajstić information content (AvgIpc) is 2.31. The first-order valence-electron chi connectivity index (χ1n) is 8.83. The van der Waals surface area contributed by atoms with E-state index in [4.69, 9.17) is 4.74 Å². The Hall–Kier alpha value is -0.0800. The van der Waals surface area contributed by atoms with Gasteiger partial charge < -0.3 is 9.84 Å². The Morgan fingerprint density at radius 2 is 1.67 bits per heavy atom. The Balaban J connectivity index is 1.75. The molecule has 4 aliphatic rings. The fourth-order valence-corrected chi connectivity index (χ4v) is 6.80. The van der Waals surface area contributed by atoms with E-state index in [1.807, 2.05) is 0 Å². The molecule has 0 aromatic carbocycles. The Labute approximate surface area is 130 Å². The molecule has 4 bridgehead atoms. The Kier molecular flexibility index (Phi) is 3.54. The smallest absolute Gasteiger partial charge is 0.0623 e.